The molecular weight excluding hydrogens is 574 g/mol. The van der Waals surface area contributed by atoms with E-state index in [1.807, 2.05) is 0 Å². The predicted molar refractivity (Wildman–Crippen MR) is 168 cm³/mol. The molecule has 0 unspecified atom stereocenters. The first-order valence-corrected chi connectivity index (χ1v) is 21.1. The van der Waals surface area contributed by atoms with Gasteiger partial charge in [0.2, 0.25) is 5.91 Å². The normalized spacial score (nSPS) is 39.3. The van der Waals surface area contributed by atoms with E-state index in [0.29, 0.717) is 41.6 Å². The van der Waals surface area contributed by atoms with E-state index >= 15 is 0 Å². The molecule has 0 radical (unpaired) electrons. The zero-order valence-electron chi connectivity index (χ0n) is 28.6. The minimum Gasteiger partial charge on any atom is -0.748 e. The zero-order valence-corrected chi connectivity index (χ0v) is 32.4. The quantitative estimate of drug-likeness (QED) is 0.301. The van der Waals surface area contributed by atoms with Crippen LogP contribution in [0.25, 0.3) is 0 Å². The molecule has 10 atom stereocenters. The third-order valence-corrected chi connectivity index (χ3v) is 18.6. The van der Waals surface area contributed by atoms with Crippen LogP contribution in [0.15, 0.2) is 0 Å². The van der Waals surface area contributed by atoms with Crippen LogP contribution in [0.3, 0.4) is 0 Å². The summed E-state index contributed by atoms with van der Waals surface area (Å²) in [5, 5.41) is 2.83. The van der Waals surface area contributed by atoms with Crippen molar-refractivity contribution in [1.82, 2.24) is 5.32 Å². The summed E-state index contributed by atoms with van der Waals surface area (Å²) >= 11 is 0. The molecule has 4 saturated carbocycles. The Morgan fingerprint density at radius 1 is 1.05 bits per heavy atom. The van der Waals surface area contributed by atoms with Gasteiger partial charge in [0, 0.05) is 19.1 Å². The minimum absolute atomic E-state index is 0. The summed E-state index contributed by atoms with van der Waals surface area (Å²) in [6, 6.07) is 0. The fraction of sp³-hybridized carbons (Fsp3) is 0.970. The number of carbonyl (C=O) groups excluding carboxylic acids is 1. The Balaban J connectivity index is 0.00000484. The van der Waals surface area contributed by atoms with Crippen LogP contribution in [0.1, 0.15) is 113 Å². The van der Waals surface area contributed by atoms with Gasteiger partial charge < -0.3 is 14.3 Å². The van der Waals surface area contributed by atoms with Gasteiger partial charge >= 0.3 is 29.6 Å². The molecule has 1 amide bonds. The van der Waals surface area contributed by atoms with Gasteiger partial charge in [0.1, 0.15) is 0 Å². The molecule has 0 aromatic rings. The van der Waals surface area contributed by atoms with Gasteiger partial charge in [-0.2, -0.15) is 0 Å². The van der Waals surface area contributed by atoms with Gasteiger partial charge in [0.15, 0.2) is 8.32 Å². The second kappa shape index (κ2) is 13.3. The molecular formula is C33H60NNaO5SSi. The number of carbonyl (C=O) groups is 1. The molecule has 238 valence electrons. The number of rotatable bonds is 9. The maximum Gasteiger partial charge on any atom is 1.00 e. The van der Waals surface area contributed by atoms with E-state index in [1.54, 1.807) is 0 Å². The zero-order chi connectivity index (χ0) is 30.6. The molecule has 9 heteroatoms. The van der Waals surface area contributed by atoms with Crippen LogP contribution < -0.4 is 34.9 Å². The fourth-order valence-corrected chi connectivity index (χ4v) is 11.7. The topological polar surface area (TPSA) is 95.5 Å². The van der Waals surface area contributed by atoms with Crippen LogP contribution in [-0.2, 0) is 19.3 Å². The molecule has 0 aromatic heterocycles. The summed E-state index contributed by atoms with van der Waals surface area (Å²) < 4.78 is 40.1. The van der Waals surface area contributed by atoms with Crippen molar-refractivity contribution >= 4 is 24.3 Å². The second-order valence-electron chi connectivity index (χ2n) is 16.9. The van der Waals surface area contributed by atoms with Gasteiger partial charge in [-0.15, -0.1) is 0 Å². The average Bonchev–Trinajstić information content (AvgIpc) is 3.19. The first-order valence-electron chi connectivity index (χ1n) is 16.7. The number of hydrogen-bond donors (Lipinski definition) is 1. The smallest absolute Gasteiger partial charge is 0.748 e. The molecule has 6 nitrogen and oxygen atoms in total. The van der Waals surface area contributed by atoms with Crippen LogP contribution in [0.4, 0.5) is 0 Å². The SMILES string of the molecule is C[C@@H]1CC[C@@]2(C)[C@@H](C1)C[C@@H](O[Si](C)(C)C(C)(C)C)[C@@H]1[C@@H]2CC[C@]2(C)[C@@H]([C@H](C)CCC(=O)NCCS(=O)(=O)[O-])CC[C@@H]12.[Na+]. The monoisotopic (exact) mass is 633 g/mol. The summed E-state index contributed by atoms with van der Waals surface area (Å²) in [5.41, 5.74) is 0.707. The van der Waals surface area contributed by atoms with Crippen molar-refractivity contribution in [2.24, 2.45) is 52.3 Å². The van der Waals surface area contributed by atoms with E-state index in [4.69, 9.17) is 4.43 Å². The summed E-state index contributed by atoms with van der Waals surface area (Å²) in [6.45, 7) is 21.9. The Kier molecular flexibility index (Phi) is 11.8. The fourth-order valence-electron chi connectivity index (χ4n) is 10.0. The third-order valence-electron chi connectivity index (χ3n) is 13.4. The largest absolute Gasteiger partial charge is 1.00 e. The van der Waals surface area contributed by atoms with Crippen molar-refractivity contribution in [1.29, 1.82) is 0 Å². The second-order valence-corrected chi connectivity index (χ2v) is 23.2. The molecule has 4 fully saturated rings. The van der Waals surface area contributed by atoms with Crippen LogP contribution in [0.2, 0.25) is 18.1 Å². The van der Waals surface area contributed by atoms with E-state index < -0.39 is 24.2 Å². The number of fused-ring (bicyclic) bond motifs is 5. The van der Waals surface area contributed by atoms with Crippen LogP contribution >= 0.6 is 0 Å². The molecule has 0 saturated heterocycles. The number of hydrogen-bond acceptors (Lipinski definition) is 5. The van der Waals surface area contributed by atoms with Gasteiger partial charge in [0.05, 0.1) is 15.9 Å². The van der Waals surface area contributed by atoms with Crippen molar-refractivity contribution in [2.45, 2.75) is 137 Å². The molecule has 0 aromatic carbocycles. The average molecular weight is 634 g/mol. The summed E-state index contributed by atoms with van der Waals surface area (Å²) in [7, 11) is -6.23. The van der Waals surface area contributed by atoms with Gasteiger partial charge in [0.25, 0.3) is 0 Å². The van der Waals surface area contributed by atoms with Crippen LogP contribution in [-0.4, -0.2) is 45.6 Å². The van der Waals surface area contributed by atoms with Gasteiger partial charge in [-0.25, -0.2) is 8.42 Å². The molecule has 1 N–H and O–H groups in total. The first-order chi connectivity index (χ1) is 18.8. The van der Waals surface area contributed by atoms with Crippen molar-refractivity contribution in [2.75, 3.05) is 12.3 Å². The molecule has 0 aliphatic heterocycles. The molecule has 4 aliphatic rings. The molecule has 0 heterocycles. The van der Waals surface area contributed by atoms with E-state index in [1.165, 1.54) is 51.4 Å². The van der Waals surface area contributed by atoms with E-state index in [2.05, 4.69) is 66.9 Å². The van der Waals surface area contributed by atoms with E-state index in [-0.39, 0.29) is 52.5 Å². The minimum atomic E-state index is -4.31. The van der Waals surface area contributed by atoms with Crippen molar-refractivity contribution in [3.8, 4) is 0 Å². The van der Waals surface area contributed by atoms with Gasteiger partial charge in [-0.05, 0) is 122 Å². The Morgan fingerprint density at radius 3 is 2.29 bits per heavy atom. The Morgan fingerprint density at radius 2 is 1.67 bits per heavy atom. The van der Waals surface area contributed by atoms with Crippen LogP contribution in [0.5, 0.6) is 0 Å². The standard InChI is InChI=1S/C33H61NO5SSi.Na/c1-22-14-16-32(6)24(20-22)21-28(39-41(8,9)31(3,4)5)30-26-12-11-25(33(26,7)17-15-27(30)32)23(2)10-13-29(35)34-18-19-40(36,37)38;/h22-28,30H,10-21H2,1-9H3,(H,34,35)(H,36,37,38);/q;+1/p-1/t22-,23-,24+,25-,26+,27+,28-,30+,32+,33-;/m1./s1. The molecule has 4 rings (SSSR count). The molecule has 42 heavy (non-hydrogen) atoms. The summed E-state index contributed by atoms with van der Waals surface area (Å²) in [6.07, 6.45) is 12.0. The number of nitrogens with one attached hydrogen (secondary N) is 1. The summed E-state index contributed by atoms with van der Waals surface area (Å²) in [4.78, 5) is 12.4. The van der Waals surface area contributed by atoms with E-state index in [0.717, 1.165) is 24.2 Å². The Labute approximate surface area is 281 Å². The Bertz CT molecular complexity index is 1060. The predicted octanol–water partition coefficient (Wildman–Crippen LogP) is 4.36. The maximum absolute atomic E-state index is 12.4. The first kappa shape index (κ1) is 37.0. The van der Waals surface area contributed by atoms with Crippen molar-refractivity contribution in [3.63, 3.8) is 0 Å². The van der Waals surface area contributed by atoms with Crippen molar-refractivity contribution < 1.29 is 51.7 Å². The van der Waals surface area contributed by atoms with Gasteiger partial charge in [-0.3, -0.25) is 4.79 Å². The van der Waals surface area contributed by atoms with Gasteiger partial charge in [-0.1, -0.05) is 54.9 Å². The molecule has 0 spiro atoms. The molecule has 4 aliphatic carbocycles. The van der Waals surface area contributed by atoms with E-state index in [9.17, 15) is 17.8 Å². The Hall–Kier alpha value is 0.557. The maximum atomic E-state index is 12.4. The summed E-state index contributed by atoms with van der Waals surface area (Å²) in [5.74, 6) is 3.98. The molecule has 0 bridgehead atoms. The number of amides is 1. The van der Waals surface area contributed by atoms with Crippen LogP contribution in [0, 0.1) is 52.3 Å². The third kappa shape index (κ3) is 7.57. The van der Waals surface area contributed by atoms with Crippen molar-refractivity contribution in [3.05, 3.63) is 0 Å².